The van der Waals surface area contributed by atoms with Crippen molar-refractivity contribution in [3.05, 3.63) is 53.6 Å². The molecule has 2 aromatic heterocycles. The molecule has 3 amide bonds. The molecule has 156 valence electrons. The van der Waals surface area contributed by atoms with Crippen molar-refractivity contribution in [2.75, 3.05) is 18.4 Å². The van der Waals surface area contributed by atoms with Gasteiger partial charge in [-0.1, -0.05) is 0 Å². The number of carbonyl (C=O) groups excluding carboxylic acids is 2. The Morgan fingerprint density at radius 1 is 1.20 bits per heavy atom. The van der Waals surface area contributed by atoms with Crippen LogP contribution in [0.2, 0.25) is 0 Å². The van der Waals surface area contributed by atoms with Crippen LogP contribution < -0.4 is 10.6 Å². The van der Waals surface area contributed by atoms with Crippen molar-refractivity contribution in [3.8, 4) is 10.6 Å². The Kier molecular flexibility index (Phi) is 5.75. The summed E-state index contributed by atoms with van der Waals surface area (Å²) in [4.78, 5) is 31.1. The highest BCUT2D eigenvalue weighted by molar-refractivity contribution is 7.13. The highest BCUT2D eigenvalue weighted by Gasteiger charge is 2.26. The van der Waals surface area contributed by atoms with Crippen molar-refractivity contribution in [1.29, 1.82) is 0 Å². The molecule has 0 saturated carbocycles. The molecule has 3 aromatic rings. The van der Waals surface area contributed by atoms with Crippen LogP contribution in [0, 0.1) is 5.82 Å². The van der Waals surface area contributed by atoms with Crippen LogP contribution in [-0.2, 0) is 7.05 Å². The number of nitrogens with zero attached hydrogens (tertiary/aromatic N) is 4. The minimum Gasteiger partial charge on any atom is -0.337 e. The molecule has 0 unspecified atom stereocenters. The number of hydrogen-bond donors (Lipinski definition) is 2. The van der Waals surface area contributed by atoms with Crippen LogP contribution in [0.15, 0.2) is 42.0 Å². The lowest BCUT2D eigenvalue weighted by Crippen LogP contribution is -2.47. The van der Waals surface area contributed by atoms with Gasteiger partial charge in [0.2, 0.25) is 0 Å². The quantitative estimate of drug-likeness (QED) is 0.668. The molecule has 4 rings (SSSR count). The Labute approximate surface area is 176 Å². The summed E-state index contributed by atoms with van der Waals surface area (Å²) in [6, 6.07) is 5.21. The van der Waals surface area contributed by atoms with E-state index in [0.717, 1.165) is 10.6 Å². The predicted octanol–water partition coefficient (Wildman–Crippen LogP) is 3.11. The maximum absolute atomic E-state index is 12.9. The van der Waals surface area contributed by atoms with E-state index in [-0.39, 0.29) is 23.8 Å². The second kappa shape index (κ2) is 8.62. The summed E-state index contributed by atoms with van der Waals surface area (Å²) in [6.07, 6.45) is 4.90. The van der Waals surface area contributed by atoms with Crippen LogP contribution in [0.4, 0.5) is 14.9 Å². The van der Waals surface area contributed by atoms with E-state index < -0.39 is 0 Å². The molecule has 0 bridgehead atoms. The van der Waals surface area contributed by atoms with Crippen molar-refractivity contribution < 1.29 is 14.0 Å². The Morgan fingerprint density at radius 2 is 1.93 bits per heavy atom. The standard InChI is InChI=1S/C20H21FN6O2S/c1-26-11-13(10-22-26)18-25-17(12-30-18)19(28)27-8-6-16(7-9-27)24-20(29)23-15-4-2-14(21)3-5-15/h2-5,10-12,16H,6-9H2,1H3,(H2,23,24,29). The molecule has 1 saturated heterocycles. The largest absolute Gasteiger partial charge is 0.337 e. The summed E-state index contributed by atoms with van der Waals surface area (Å²) in [5, 5.41) is 12.3. The maximum atomic E-state index is 12.9. The van der Waals surface area contributed by atoms with Crippen molar-refractivity contribution in [3.63, 3.8) is 0 Å². The number of rotatable bonds is 4. The molecule has 1 aliphatic heterocycles. The number of anilines is 1. The fourth-order valence-corrected chi connectivity index (χ4v) is 4.08. The highest BCUT2D eigenvalue weighted by Crippen LogP contribution is 2.24. The summed E-state index contributed by atoms with van der Waals surface area (Å²) in [5.41, 5.74) is 1.84. The van der Waals surface area contributed by atoms with Gasteiger partial charge in [0, 0.05) is 49.0 Å². The third-order valence-corrected chi connectivity index (χ3v) is 5.79. The number of thiazole rings is 1. The van der Waals surface area contributed by atoms with Gasteiger partial charge in [0.05, 0.1) is 6.20 Å². The number of nitrogens with one attached hydrogen (secondary N) is 2. The van der Waals surface area contributed by atoms with Crippen molar-refractivity contribution in [2.45, 2.75) is 18.9 Å². The smallest absolute Gasteiger partial charge is 0.319 e. The Hall–Kier alpha value is -3.27. The van der Waals surface area contributed by atoms with Crippen molar-refractivity contribution >= 4 is 29.0 Å². The van der Waals surface area contributed by atoms with E-state index in [1.165, 1.54) is 35.6 Å². The van der Waals surface area contributed by atoms with Crippen LogP contribution in [0.1, 0.15) is 23.3 Å². The monoisotopic (exact) mass is 428 g/mol. The van der Waals surface area contributed by atoms with E-state index in [9.17, 15) is 14.0 Å². The number of urea groups is 1. The van der Waals surface area contributed by atoms with E-state index in [2.05, 4.69) is 20.7 Å². The predicted molar refractivity (Wildman–Crippen MR) is 112 cm³/mol. The summed E-state index contributed by atoms with van der Waals surface area (Å²) in [7, 11) is 1.83. The highest BCUT2D eigenvalue weighted by atomic mass is 32.1. The maximum Gasteiger partial charge on any atom is 0.319 e. The summed E-state index contributed by atoms with van der Waals surface area (Å²) < 4.78 is 14.6. The zero-order valence-corrected chi connectivity index (χ0v) is 17.2. The Balaban J connectivity index is 1.28. The lowest BCUT2D eigenvalue weighted by molar-refractivity contribution is 0.0704. The summed E-state index contributed by atoms with van der Waals surface area (Å²) in [5.74, 6) is -0.457. The van der Waals surface area contributed by atoms with Gasteiger partial charge in [0.15, 0.2) is 0 Å². The summed E-state index contributed by atoms with van der Waals surface area (Å²) >= 11 is 1.42. The molecule has 1 aromatic carbocycles. The number of aryl methyl sites for hydroxylation is 1. The minimum absolute atomic E-state index is 0.0316. The molecule has 0 aliphatic carbocycles. The molecule has 0 atom stereocenters. The average Bonchev–Trinajstić information content (AvgIpc) is 3.39. The molecule has 10 heteroatoms. The first-order valence-electron chi connectivity index (χ1n) is 9.55. The number of benzene rings is 1. The Bertz CT molecular complexity index is 1040. The number of carbonyl (C=O) groups is 2. The fourth-order valence-electron chi connectivity index (χ4n) is 3.31. The molecule has 30 heavy (non-hydrogen) atoms. The molecule has 1 aliphatic rings. The topological polar surface area (TPSA) is 92.2 Å². The van der Waals surface area contributed by atoms with Gasteiger partial charge >= 0.3 is 6.03 Å². The van der Waals surface area contributed by atoms with Crippen LogP contribution in [0.3, 0.4) is 0 Å². The van der Waals surface area contributed by atoms with Gasteiger partial charge in [-0.3, -0.25) is 9.48 Å². The minimum atomic E-state index is -0.356. The van der Waals surface area contributed by atoms with E-state index in [1.54, 1.807) is 21.2 Å². The molecule has 2 N–H and O–H groups in total. The SMILES string of the molecule is Cn1cc(-c2nc(C(=O)N3CCC(NC(=O)Nc4ccc(F)cc4)CC3)cs2)cn1. The van der Waals surface area contributed by atoms with Crippen LogP contribution in [0.5, 0.6) is 0 Å². The normalized spacial score (nSPS) is 14.5. The van der Waals surface area contributed by atoms with Gasteiger partial charge < -0.3 is 15.5 Å². The van der Waals surface area contributed by atoms with Crippen LogP contribution in [-0.4, -0.2) is 50.7 Å². The number of piperidine rings is 1. The molecule has 8 nitrogen and oxygen atoms in total. The van der Waals surface area contributed by atoms with Crippen LogP contribution >= 0.6 is 11.3 Å². The third kappa shape index (κ3) is 4.65. The van der Waals surface area contributed by atoms with E-state index >= 15 is 0 Å². The zero-order valence-electron chi connectivity index (χ0n) is 16.3. The fraction of sp³-hybridized carbons (Fsp3) is 0.300. The van der Waals surface area contributed by atoms with E-state index in [0.29, 0.717) is 37.3 Å². The molecule has 0 radical (unpaired) electrons. The van der Waals surface area contributed by atoms with Gasteiger partial charge in [-0.05, 0) is 37.1 Å². The van der Waals surface area contributed by atoms with Crippen molar-refractivity contribution in [2.24, 2.45) is 7.05 Å². The second-order valence-electron chi connectivity index (χ2n) is 7.11. The molecular formula is C20H21FN6O2S. The average molecular weight is 428 g/mol. The molecule has 3 heterocycles. The van der Waals surface area contributed by atoms with Crippen LogP contribution in [0.25, 0.3) is 10.6 Å². The molecule has 0 spiro atoms. The zero-order chi connectivity index (χ0) is 21.1. The first kappa shape index (κ1) is 20.0. The van der Waals surface area contributed by atoms with Gasteiger partial charge in [-0.15, -0.1) is 11.3 Å². The second-order valence-corrected chi connectivity index (χ2v) is 7.97. The first-order valence-corrected chi connectivity index (χ1v) is 10.4. The molecule has 1 fully saturated rings. The lowest BCUT2D eigenvalue weighted by Gasteiger charge is -2.32. The van der Waals surface area contributed by atoms with Gasteiger partial charge in [0.1, 0.15) is 16.5 Å². The van der Waals surface area contributed by atoms with Gasteiger partial charge in [0.25, 0.3) is 5.91 Å². The van der Waals surface area contributed by atoms with E-state index in [4.69, 9.17) is 0 Å². The number of likely N-dealkylation sites (tertiary alicyclic amines) is 1. The Morgan fingerprint density at radius 3 is 2.60 bits per heavy atom. The number of halogens is 1. The van der Waals surface area contributed by atoms with Gasteiger partial charge in [-0.25, -0.2) is 14.2 Å². The molecular weight excluding hydrogens is 407 g/mol. The number of hydrogen-bond acceptors (Lipinski definition) is 5. The van der Waals surface area contributed by atoms with Crippen molar-refractivity contribution in [1.82, 2.24) is 25.0 Å². The third-order valence-electron chi connectivity index (χ3n) is 4.89. The van der Waals surface area contributed by atoms with E-state index in [1.807, 2.05) is 13.2 Å². The van der Waals surface area contributed by atoms with Gasteiger partial charge in [-0.2, -0.15) is 5.10 Å². The first-order chi connectivity index (χ1) is 14.5. The number of amides is 3. The lowest BCUT2D eigenvalue weighted by atomic mass is 10.0. The summed E-state index contributed by atoms with van der Waals surface area (Å²) in [6.45, 7) is 1.08. The number of aromatic nitrogens is 3.